The maximum atomic E-state index is 11.0. The van der Waals surface area contributed by atoms with E-state index in [2.05, 4.69) is 5.16 Å². The minimum Gasteiger partial charge on any atom is -0.390 e. The third-order valence-electron chi connectivity index (χ3n) is 3.56. The molecule has 0 bridgehead atoms. The molecule has 0 amide bonds. The van der Waals surface area contributed by atoms with Crippen molar-refractivity contribution in [2.45, 2.75) is 52.6 Å². The highest BCUT2D eigenvalue weighted by molar-refractivity contribution is 5.71. The van der Waals surface area contributed by atoms with Crippen LogP contribution in [-0.4, -0.2) is 34.5 Å². The number of hydrogen-bond donors (Lipinski definition) is 0. The molecule has 1 heterocycles. The van der Waals surface area contributed by atoms with Gasteiger partial charge in [0.1, 0.15) is 5.16 Å². The SMILES string of the molecule is CC(C)C(C)(C)O/N=C(\N1CCCCC1)[N+](=O)[O-]. The lowest BCUT2D eigenvalue weighted by Crippen LogP contribution is -2.41. The van der Waals surface area contributed by atoms with E-state index in [1.165, 1.54) is 0 Å². The normalized spacial score (nSPS) is 18.1. The van der Waals surface area contributed by atoms with E-state index in [4.69, 9.17) is 4.84 Å². The molecule has 0 aliphatic carbocycles. The van der Waals surface area contributed by atoms with E-state index in [0.717, 1.165) is 19.3 Å². The van der Waals surface area contributed by atoms with Gasteiger partial charge in [-0.25, -0.2) is 0 Å². The molecule has 0 aromatic rings. The summed E-state index contributed by atoms with van der Waals surface area (Å²) < 4.78 is 0. The predicted molar refractivity (Wildman–Crippen MR) is 69.9 cm³/mol. The highest BCUT2D eigenvalue weighted by Crippen LogP contribution is 2.21. The Bertz CT molecular complexity index is 321. The number of likely N-dealkylation sites (tertiary alicyclic amines) is 1. The molecule has 18 heavy (non-hydrogen) atoms. The fourth-order valence-electron chi connectivity index (χ4n) is 1.56. The average Bonchev–Trinajstić information content (AvgIpc) is 2.29. The van der Waals surface area contributed by atoms with Gasteiger partial charge >= 0.3 is 5.96 Å². The minimum absolute atomic E-state index is 0.163. The Labute approximate surface area is 108 Å². The molecule has 1 aliphatic heterocycles. The summed E-state index contributed by atoms with van der Waals surface area (Å²) in [6.07, 6.45) is 3.07. The van der Waals surface area contributed by atoms with Gasteiger partial charge in [0.15, 0.2) is 5.60 Å². The van der Waals surface area contributed by atoms with Crippen molar-refractivity contribution in [1.29, 1.82) is 0 Å². The predicted octanol–water partition coefficient (Wildman–Crippen LogP) is 2.47. The Balaban J connectivity index is 2.75. The summed E-state index contributed by atoms with van der Waals surface area (Å²) in [7, 11) is 0. The molecular formula is C12H23N3O3. The minimum atomic E-state index is -0.503. The van der Waals surface area contributed by atoms with Crippen molar-refractivity contribution >= 4 is 5.96 Å². The van der Waals surface area contributed by atoms with Crippen LogP contribution in [-0.2, 0) is 4.84 Å². The maximum Gasteiger partial charge on any atom is 0.468 e. The fourth-order valence-corrected chi connectivity index (χ4v) is 1.56. The van der Waals surface area contributed by atoms with Gasteiger partial charge in [0, 0.05) is 0 Å². The van der Waals surface area contributed by atoms with Crippen molar-refractivity contribution in [3.05, 3.63) is 10.1 Å². The largest absolute Gasteiger partial charge is 0.468 e. The molecule has 0 atom stereocenters. The second-order valence-electron chi connectivity index (χ2n) is 5.55. The van der Waals surface area contributed by atoms with Gasteiger partial charge in [-0.05, 0) is 44.0 Å². The van der Waals surface area contributed by atoms with Gasteiger partial charge in [-0.3, -0.25) is 4.90 Å². The molecule has 1 fully saturated rings. The van der Waals surface area contributed by atoms with E-state index in [1.54, 1.807) is 4.90 Å². The standard InChI is InChI=1S/C12H23N3O3/c1-10(2)12(3,4)18-13-11(15(16)17)14-8-6-5-7-9-14/h10H,5-9H2,1-4H3/b13-11+. The van der Waals surface area contributed by atoms with Crippen molar-refractivity contribution in [2.75, 3.05) is 13.1 Å². The number of hydrogen-bond acceptors (Lipinski definition) is 4. The van der Waals surface area contributed by atoms with Gasteiger partial charge in [-0.1, -0.05) is 13.8 Å². The lowest BCUT2D eigenvalue weighted by atomic mass is 9.95. The van der Waals surface area contributed by atoms with Gasteiger partial charge in [0.2, 0.25) is 0 Å². The molecule has 1 saturated heterocycles. The third kappa shape index (κ3) is 3.85. The van der Waals surface area contributed by atoms with Crippen LogP contribution >= 0.6 is 0 Å². The van der Waals surface area contributed by atoms with Crippen LogP contribution < -0.4 is 0 Å². The van der Waals surface area contributed by atoms with E-state index in [0.29, 0.717) is 13.1 Å². The number of guanidine groups is 1. The van der Waals surface area contributed by atoms with Gasteiger partial charge in [0.25, 0.3) is 0 Å². The second-order valence-corrected chi connectivity index (χ2v) is 5.55. The summed E-state index contributed by atoms with van der Waals surface area (Å²) in [5.74, 6) is 0.0686. The first-order valence-corrected chi connectivity index (χ1v) is 6.50. The van der Waals surface area contributed by atoms with Crippen LogP contribution in [0, 0.1) is 16.0 Å². The lowest BCUT2D eigenvalue weighted by Gasteiger charge is -2.25. The van der Waals surface area contributed by atoms with E-state index in [-0.39, 0.29) is 11.9 Å². The molecule has 0 aromatic carbocycles. The van der Waals surface area contributed by atoms with Crippen molar-refractivity contribution in [2.24, 2.45) is 11.1 Å². The molecule has 0 spiro atoms. The Kier molecular flexibility index (Phi) is 4.93. The topological polar surface area (TPSA) is 68.0 Å². The van der Waals surface area contributed by atoms with E-state index in [1.807, 2.05) is 27.7 Å². The molecule has 0 unspecified atom stereocenters. The first-order chi connectivity index (χ1) is 8.34. The van der Waals surface area contributed by atoms with Crippen LogP contribution in [0.2, 0.25) is 0 Å². The number of nitro groups is 1. The van der Waals surface area contributed by atoms with Crippen LogP contribution in [0.25, 0.3) is 0 Å². The summed E-state index contributed by atoms with van der Waals surface area (Å²) in [5, 5.41) is 14.8. The maximum absolute atomic E-state index is 11.0. The highest BCUT2D eigenvalue weighted by atomic mass is 16.7. The first-order valence-electron chi connectivity index (χ1n) is 6.50. The smallest absolute Gasteiger partial charge is 0.390 e. The number of nitrogens with zero attached hydrogens (tertiary/aromatic N) is 3. The fraction of sp³-hybridized carbons (Fsp3) is 0.917. The summed E-state index contributed by atoms with van der Waals surface area (Å²) in [6, 6.07) is 0. The molecule has 0 aromatic heterocycles. The summed E-state index contributed by atoms with van der Waals surface area (Å²) >= 11 is 0. The van der Waals surface area contributed by atoms with Crippen molar-refractivity contribution < 1.29 is 9.76 Å². The van der Waals surface area contributed by atoms with Crippen molar-refractivity contribution in [1.82, 2.24) is 4.90 Å². The van der Waals surface area contributed by atoms with Crippen LogP contribution in [0.5, 0.6) is 0 Å². The monoisotopic (exact) mass is 257 g/mol. The Morgan fingerprint density at radius 1 is 1.33 bits per heavy atom. The van der Waals surface area contributed by atoms with Gasteiger partial charge in [-0.2, -0.15) is 0 Å². The quantitative estimate of drug-likeness (QED) is 0.337. The van der Waals surface area contributed by atoms with E-state index >= 15 is 0 Å². The molecule has 104 valence electrons. The molecule has 0 N–H and O–H groups in total. The van der Waals surface area contributed by atoms with Crippen LogP contribution in [0.3, 0.4) is 0 Å². The first kappa shape index (κ1) is 14.7. The number of oxime groups is 1. The Hall–Kier alpha value is -1.33. The van der Waals surface area contributed by atoms with E-state index < -0.39 is 10.5 Å². The average molecular weight is 257 g/mol. The molecule has 6 nitrogen and oxygen atoms in total. The zero-order valence-electron chi connectivity index (χ0n) is 11.7. The summed E-state index contributed by atoms with van der Waals surface area (Å²) in [6.45, 7) is 9.14. The molecule has 1 aliphatic rings. The summed E-state index contributed by atoms with van der Waals surface area (Å²) in [4.78, 5) is 17.6. The van der Waals surface area contributed by atoms with Crippen LogP contribution in [0.15, 0.2) is 5.16 Å². The zero-order chi connectivity index (χ0) is 13.8. The lowest BCUT2D eigenvalue weighted by molar-refractivity contribution is -0.368. The Morgan fingerprint density at radius 2 is 1.89 bits per heavy atom. The molecular weight excluding hydrogens is 234 g/mol. The molecule has 0 radical (unpaired) electrons. The number of piperidine rings is 1. The van der Waals surface area contributed by atoms with Crippen molar-refractivity contribution in [3.63, 3.8) is 0 Å². The molecule has 0 saturated carbocycles. The van der Waals surface area contributed by atoms with Gasteiger partial charge in [-0.15, -0.1) is 0 Å². The van der Waals surface area contributed by atoms with E-state index in [9.17, 15) is 10.1 Å². The summed E-state index contributed by atoms with van der Waals surface area (Å²) in [5.41, 5.74) is -0.503. The van der Waals surface area contributed by atoms with Gasteiger partial charge in [0.05, 0.1) is 13.1 Å². The van der Waals surface area contributed by atoms with Crippen molar-refractivity contribution in [3.8, 4) is 0 Å². The third-order valence-corrected chi connectivity index (χ3v) is 3.56. The Morgan fingerprint density at radius 3 is 2.33 bits per heavy atom. The van der Waals surface area contributed by atoms with Crippen LogP contribution in [0.4, 0.5) is 0 Å². The zero-order valence-corrected chi connectivity index (χ0v) is 11.7. The second kappa shape index (κ2) is 6.02. The number of rotatable bonds is 3. The van der Waals surface area contributed by atoms with Gasteiger partial charge < -0.3 is 15.0 Å². The highest BCUT2D eigenvalue weighted by Gasteiger charge is 2.31. The molecule has 6 heteroatoms. The van der Waals surface area contributed by atoms with Crippen LogP contribution in [0.1, 0.15) is 47.0 Å². The molecule has 1 rings (SSSR count).